The number of nitrogens with one attached hydrogen (secondary N) is 1. The van der Waals surface area contributed by atoms with Gasteiger partial charge in [-0.1, -0.05) is 6.92 Å². The van der Waals surface area contributed by atoms with Crippen molar-refractivity contribution in [3.05, 3.63) is 30.1 Å². The molecular weight excluding hydrogens is 207 g/mol. The zero-order valence-electron chi connectivity index (χ0n) is 8.83. The first-order chi connectivity index (χ1) is 7.58. The minimum atomic E-state index is -0.881. The standard InChI is InChI=1S/C12H11FN2O/c1-8-6-12(8,7-14)11(16)15-10-4-2-9(13)3-5-10/h2-5,8H,6H2,1H3,(H,15,16). The summed E-state index contributed by atoms with van der Waals surface area (Å²) in [6.07, 6.45) is 0.594. The summed E-state index contributed by atoms with van der Waals surface area (Å²) in [6, 6.07) is 7.54. The van der Waals surface area contributed by atoms with Crippen LogP contribution in [0.1, 0.15) is 13.3 Å². The number of nitriles is 1. The molecular formula is C12H11FN2O. The van der Waals surface area contributed by atoms with Crippen molar-refractivity contribution in [3.63, 3.8) is 0 Å². The van der Waals surface area contributed by atoms with E-state index >= 15 is 0 Å². The molecule has 1 N–H and O–H groups in total. The third-order valence-corrected chi connectivity index (χ3v) is 3.02. The van der Waals surface area contributed by atoms with Gasteiger partial charge in [0.2, 0.25) is 5.91 Å². The first-order valence-electron chi connectivity index (χ1n) is 5.07. The fourth-order valence-corrected chi connectivity index (χ4v) is 1.72. The van der Waals surface area contributed by atoms with Crippen molar-refractivity contribution in [2.24, 2.45) is 11.3 Å². The van der Waals surface area contributed by atoms with Gasteiger partial charge >= 0.3 is 0 Å². The van der Waals surface area contributed by atoms with E-state index in [-0.39, 0.29) is 17.6 Å². The molecule has 1 saturated carbocycles. The van der Waals surface area contributed by atoms with Gasteiger partial charge in [0.15, 0.2) is 0 Å². The van der Waals surface area contributed by atoms with Crippen LogP contribution >= 0.6 is 0 Å². The highest BCUT2D eigenvalue weighted by atomic mass is 19.1. The fraction of sp³-hybridized carbons (Fsp3) is 0.333. The van der Waals surface area contributed by atoms with Gasteiger partial charge in [-0.2, -0.15) is 5.26 Å². The Hall–Kier alpha value is -1.89. The maximum Gasteiger partial charge on any atom is 0.245 e. The third-order valence-electron chi connectivity index (χ3n) is 3.02. The number of benzene rings is 1. The molecule has 1 amide bonds. The smallest absolute Gasteiger partial charge is 0.245 e. The minimum absolute atomic E-state index is 0.0953. The van der Waals surface area contributed by atoms with Crippen molar-refractivity contribution in [2.75, 3.05) is 5.32 Å². The highest BCUT2D eigenvalue weighted by Gasteiger charge is 2.58. The molecule has 0 saturated heterocycles. The van der Waals surface area contributed by atoms with Crippen LogP contribution < -0.4 is 5.32 Å². The zero-order chi connectivity index (χ0) is 11.8. The van der Waals surface area contributed by atoms with Crippen molar-refractivity contribution in [2.45, 2.75) is 13.3 Å². The first-order valence-corrected chi connectivity index (χ1v) is 5.07. The Morgan fingerprint density at radius 1 is 1.56 bits per heavy atom. The zero-order valence-corrected chi connectivity index (χ0v) is 8.83. The Morgan fingerprint density at radius 3 is 2.56 bits per heavy atom. The Morgan fingerprint density at radius 2 is 2.12 bits per heavy atom. The molecule has 0 radical (unpaired) electrons. The molecule has 82 valence electrons. The van der Waals surface area contributed by atoms with E-state index in [1.807, 2.05) is 13.0 Å². The largest absolute Gasteiger partial charge is 0.325 e. The van der Waals surface area contributed by atoms with Crippen molar-refractivity contribution < 1.29 is 9.18 Å². The number of halogens is 1. The second-order valence-corrected chi connectivity index (χ2v) is 4.15. The second-order valence-electron chi connectivity index (χ2n) is 4.15. The van der Waals surface area contributed by atoms with Gasteiger partial charge in [-0.25, -0.2) is 4.39 Å². The lowest BCUT2D eigenvalue weighted by atomic mass is 10.1. The summed E-state index contributed by atoms with van der Waals surface area (Å²) in [6.45, 7) is 1.87. The van der Waals surface area contributed by atoms with E-state index < -0.39 is 5.41 Å². The van der Waals surface area contributed by atoms with Gasteiger partial charge in [0, 0.05) is 5.69 Å². The van der Waals surface area contributed by atoms with Crippen LogP contribution in [-0.4, -0.2) is 5.91 Å². The van der Waals surface area contributed by atoms with E-state index in [1.54, 1.807) is 0 Å². The Labute approximate surface area is 92.9 Å². The molecule has 1 aromatic carbocycles. The van der Waals surface area contributed by atoms with Crippen LogP contribution in [0.5, 0.6) is 0 Å². The van der Waals surface area contributed by atoms with Gasteiger partial charge in [-0.05, 0) is 36.6 Å². The molecule has 2 atom stereocenters. The number of amides is 1. The average molecular weight is 218 g/mol. The van der Waals surface area contributed by atoms with E-state index in [0.717, 1.165) is 0 Å². The topological polar surface area (TPSA) is 52.9 Å². The predicted molar refractivity (Wildman–Crippen MR) is 56.9 cm³/mol. The Balaban J connectivity index is 2.09. The second kappa shape index (κ2) is 3.60. The van der Waals surface area contributed by atoms with E-state index in [4.69, 9.17) is 5.26 Å². The molecule has 2 unspecified atom stereocenters. The summed E-state index contributed by atoms with van der Waals surface area (Å²) in [5.74, 6) is -0.556. The highest BCUT2D eigenvalue weighted by molar-refractivity contribution is 5.99. The first kappa shape index (κ1) is 10.6. The van der Waals surface area contributed by atoms with E-state index in [1.165, 1.54) is 24.3 Å². The van der Waals surface area contributed by atoms with Crippen LogP contribution in [0.15, 0.2) is 24.3 Å². The third kappa shape index (κ3) is 1.65. The molecule has 0 aromatic heterocycles. The average Bonchev–Trinajstić information content (AvgIpc) is 2.94. The fourth-order valence-electron chi connectivity index (χ4n) is 1.72. The highest BCUT2D eigenvalue weighted by Crippen LogP contribution is 2.52. The van der Waals surface area contributed by atoms with Gasteiger partial charge in [0.1, 0.15) is 11.2 Å². The summed E-state index contributed by atoms with van der Waals surface area (Å²) in [5, 5.41) is 11.6. The molecule has 1 aliphatic carbocycles. The van der Waals surface area contributed by atoms with Crippen LogP contribution in [0, 0.1) is 28.5 Å². The molecule has 2 rings (SSSR count). The summed E-state index contributed by atoms with van der Waals surface area (Å²) >= 11 is 0. The number of nitrogens with zero attached hydrogens (tertiary/aromatic N) is 1. The van der Waals surface area contributed by atoms with Crippen molar-refractivity contribution in [1.29, 1.82) is 5.26 Å². The van der Waals surface area contributed by atoms with Crippen LogP contribution in [0.2, 0.25) is 0 Å². The van der Waals surface area contributed by atoms with E-state index in [2.05, 4.69) is 5.32 Å². The molecule has 16 heavy (non-hydrogen) atoms. The Kier molecular flexibility index (Phi) is 2.39. The number of carbonyl (C=O) groups excluding carboxylic acids is 1. The van der Waals surface area contributed by atoms with E-state index in [9.17, 15) is 9.18 Å². The van der Waals surface area contributed by atoms with Crippen LogP contribution in [-0.2, 0) is 4.79 Å². The summed E-state index contributed by atoms with van der Waals surface area (Å²) in [7, 11) is 0. The van der Waals surface area contributed by atoms with Crippen LogP contribution in [0.4, 0.5) is 10.1 Å². The summed E-state index contributed by atoms with van der Waals surface area (Å²) in [5.41, 5.74) is -0.367. The van der Waals surface area contributed by atoms with Crippen molar-refractivity contribution in [3.8, 4) is 6.07 Å². The molecule has 1 aromatic rings. The summed E-state index contributed by atoms with van der Waals surface area (Å²) in [4.78, 5) is 11.8. The molecule has 1 aliphatic rings. The molecule has 1 fully saturated rings. The lowest BCUT2D eigenvalue weighted by Crippen LogP contribution is -2.24. The SMILES string of the molecule is CC1CC1(C#N)C(=O)Nc1ccc(F)cc1. The van der Waals surface area contributed by atoms with Gasteiger partial charge in [-0.15, -0.1) is 0 Å². The van der Waals surface area contributed by atoms with Gasteiger partial charge < -0.3 is 5.32 Å². The summed E-state index contributed by atoms with van der Waals surface area (Å²) < 4.78 is 12.6. The lowest BCUT2D eigenvalue weighted by molar-refractivity contribution is -0.119. The number of carbonyl (C=O) groups is 1. The van der Waals surface area contributed by atoms with Gasteiger partial charge in [0.05, 0.1) is 6.07 Å². The Bertz CT molecular complexity index is 463. The van der Waals surface area contributed by atoms with Crippen LogP contribution in [0.25, 0.3) is 0 Å². The predicted octanol–water partition coefficient (Wildman–Crippen LogP) is 2.31. The maximum absolute atomic E-state index is 12.6. The monoisotopic (exact) mass is 218 g/mol. The molecule has 0 heterocycles. The molecule has 0 bridgehead atoms. The lowest BCUT2D eigenvalue weighted by Gasteiger charge is -2.08. The van der Waals surface area contributed by atoms with Gasteiger partial charge in [0.25, 0.3) is 0 Å². The normalized spacial score (nSPS) is 26.9. The van der Waals surface area contributed by atoms with Crippen LogP contribution in [0.3, 0.4) is 0 Å². The molecule has 0 aliphatic heterocycles. The van der Waals surface area contributed by atoms with Crippen molar-refractivity contribution in [1.82, 2.24) is 0 Å². The van der Waals surface area contributed by atoms with Crippen molar-refractivity contribution >= 4 is 11.6 Å². The maximum atomic E-state index is 12.6. The quantitative estimate of drug-likeness (QED) is 0.828. The number of rotatable bonds is 2. The number of hydrogen-bond donors (Lipinski definition) is 1. The van der Waals surface area contributed by atoms with E-state index in [0.29, 0.717) is 12.1 Å². The molecule has 3 nitrogen and oxygen atoms in total. The van der Waals surface area contributed by atoms with Gasteiger partial charge in [-0.3, -0.25) is 4.79 Å². The number of hydrogen-bond acceptors (Lipinski definition) is 2. The number of anilines is 1. The minimum Gasteiger partial charge on any atom is -0.325 e. The molecule has 0 spiro atoms. The molecule has 4 heteroatoms.